The van der Waals surface area contributed by atoms with Crippen molar-refractivity contribution in [1.82, 2.24) is 4.90 Å². The molecule has 2 saturated heterocycles. The van der Waals surface area contributed by atoms with E-state index in [0.29, 0.717) is 24.0 Å². The third kappa shape index (κ3) is 4.83. The molecular weight excluding hydrogens is 354 g/mol. The van der Waals surface area contributed by atoms with Gasteiger partial charge in [0.2, 0.25) is 0 Å². The van der Waals surface area contributed by atoms with Crippen LogP contribution in [-0.4, -0.2) is 56.6 Å². The van der Waals surface area contributed by atoms with Gasteiger partial charge in [-0.05, 0) is 31.0 Å². The lowest BCUT2D eigenvalue weighted by molar-refractivity contribution is -0.155. The van der Waals surface area contributed by atoms with E-state index in [1.165, 1.54) is 0 Å². The van der Waals surface area contributed by atoms with Crippen molar-refractivity contribution in [3.63, 3.8) is 0 Å². The van der Waals surface area contributed by atoms with Crippen LogP contribution >= 0.6 is 11.6 Å². The molecule has 0 amide bonds. The Kier molecular flexibility index (Phi) is 7.04. The van der Waals surface area contributed by atoms with Crippen LogP contribution in [0.25, 0.3) is 0 Å². The Labute approximate surface area is 161 Å². The highest BCUT2D eigenvalue weighted by Crippen LogP contribution is 2.38. The van der Waals surface area contributed by atoms with Crippen molar-refractivity contribution in [3.05, 3.63) is 22.7 Å². The standard InChI is InChI=1S/C20H30ClNO4/c1-3-8-25-19-17(21)12-16(13-18(19)24-4-2)14-22-7-11-26-20(15-22)5-9-23-10-6-20/h12-13H,3-11,14-15H2,1-2H3. The molecule has 0 atom stereocenters. The van der Waals surface area contributed by atoms with Gasteiger partial charge in [-0.15, -0.1) is 0 Å². The van der Waals surface area contributed by atoms with Crippen molar-refractivity contribution < 1.29 is 18.9 Å². The number of hydrogen-bond donors (Lipinski definition) is 0. The lowest BCUT2D eigenvalue weighted by Crippen LogP contribution is -2.54. The fraction of sp³-hybridized carbons (Fsp3) is 0.700. The Hall–Kier alpha value is -1.01. The summed E-state index contributed by atoms with van der Waals surface area (Å²) >= 11 is 6.50. The average molecular weight is 384 g/mol. The molecule has 1 spiro atoms. The Bertz CT molecular complexity index is 584. The first-order valence-corrected chi connectivity index (χ1v) is 10.1. The molecule has 0 bridgehead atoms. The molecule has 2 aliphatic rings. The molecule has 2 heterocycles. The van der Waals surface area contributed by atoms with Crippen LogP contribution in [0.1, 0.15) is 38.7 Å². The number of ether oxygens (including phenoxy) is 4. The van der Waals surface area contributed by atoms with Crippen molar-refractivity contribution in [2.45, 2.75) is 45.3 Å². The van der Waals surface area contributed by atoms with Crippen molar-refractivity contribution in [1.29, 1.82) is 0 Å². The third-order valence-electron chi connectivity index (χ3n) is 4.96. The smallest absolute Gasteiger partial charge is 0.179 e. The summed E-state index contributed by atoms with van der Waals surface area (Å²) in [4.78, 5) is 2.45. The molecule has 2 fully saturated rings. The molecule has 0 N–H and O–H groups in total. The zero-order valence-corrected chi connectivity index (χ0v) is 16.6. The minimum absolute atomic E-state index is 0.0484. The van der Waals surface area contributed by atoms with Crippen molar-refractivity contribution in [3.8, 4) is 11.5 Å². The van der Waals surface area contributed by atoms with E-state index >= 15 is 0 Å². The van der Waals surface area contributed by atoms with E-state index in [4.69, 9.17) is 30.5 Å². The fourth-order valence-corrected chi connectivity index (χ4v) is 3.97. The number of benzene rings is 1. The van der Waals surface area contributed by atoms with E-state index in [0.717, 1.165) is 70.0 Å². The normalized spacial score (nSPS) is 20.3. The van der Waals surface area contributed by atoms with E-state index < -0.39 is 0 Å². The average Bonchev–Trinajstić information content (AvgIpc) is 2.62. The van der Waals surface area contributed by atoms with Crippen LogP contribution in [0, 0.1) is 0 Å². The highest BCUT2D eigenvalue weighted by molar-refractivity contribution is 6.32. The van der Waals surface area contributed by atoms with Crippen LogP contribution in [0.5, 0.6) is 11.5 Å². The van der Waals surface area contributed by atoms with Crippen LogP contribution < -0.4 is 9.47 Å². The summed E-state index contributed by atoms with van der Waals surface area (Å²) in [5, 5.41) is 0.619. The predicted molar refractivity (Wildman–Crippen MR) is 102 cm³/mol. The van der Waals surface area contributed by atoms with Crippen LogP contribution in [0.4, 0.5) is 0 Å². The second-order valence-electron chi connectivity index (χ2n) is 7.04. The Morgan fingerprint density at radius 2 is 1.96 bits per heavy atom. The van der Waals surface area contributed by atoms with E-state index in [1.54, 1.807) is 0 Å². The molecule has 0 radical (unpaired) electrons. The highest BCUT2D eigenvalue weighted by atomic mass is 35.5. The second kappa shape index (κ2) is 9.27. The molecule has 146 valence electrons. The summed E-state index contributed by atoms with van der Waals surface area (Å²) in [6, 6.07) is 4.06. The fourth-order valence-electron chi connectivity index (χ4n) is 3.68. The van der Waals surface area contributed by atoms with Gasteiger partial charge in [-0.25, -0.2) is 0 Å². The third-order valence-corrected chi connectivity index (χ3v) is 5.24. The van der Waals surface area contributed by atoms with E-state index in [9.17, 15) is 0 Å². The van der Waals surface area contributed by atoms with E-state index in [1.807, 2.05) is 13.0 Å². The van der Waals surface area contributed by atoms with Gasteiger partial charge in [-0.1, -0.05) is 18.5 Å². The van der Waals surface area contributed by atoms with Crippen LogP contribution in [-0.2, 0) is 16.0 Å². The first-order chi connectivity index (χ1) is 12.7. The number of nitrogens with zero attached hydrogens (tertiary/aromatic N) is 1. The topological polar surface area (TPSA) is 40.2 Å². The number of halogens is 1. The maximum atomic E-state index is 6.50. The quantitative estimate of drug-likeness (QED) is 0.714. The van der Waals surface area contributed by atoms with Gasteiger partial charge in [-0.3, -0.25) is 4.90 Å². The lowest BCUT2D eigenvalue weighted by atomic mass is 9.92. The zero-order chi connectivity index (χ0) is 18.4. The molecule has 1 aromatic rings. The Morgan fingerprint density at radius 3 is 2.69 bits per heavy atom. The summed E-state index contributed by atoms with van der Waals surface area (Å²) in [5.74, 6) is 1.39. The molecule has 26 heavy (non-hydrogen) atoms. The summed E-state index contributed by atoms with van der Waals surface area (Å²) in [7, 11) is 0. The van der Waals surface area contributed by atoms with E-state index in [-0.39, 0.29) is 5.60 Å². The highest BCUT2D eigenvalue weighted by Gasteiger charge is 2.38. The Balaban J connectivity index is 1.72. The molecule has 5 nitrogen and oxygen atoms in total. The van der Waals surface area contributed by atoms with Crippen LogP contribution in [0.15, 0.2) is 12.1 Å². The summed E-state index contributed by atoms with van der Waals surface area (Å²) < 4.78 is 23.2. The summed E-state index contributed by atoms with van der Waals surface area (Å²) in [6.07, 6.45) is 2.87. The zero-order valence-electron chi connectivity index (χ0n) is 15.9. The second-order valence-corrected chi connectivity index (χ2v) is 7.45. The number of rotatable bonds is 7. The van der Waals surface area contributed by atoms with E-state index in [2.05, 4.69) is 17.9 Å². The molecule has 0 aliphatic carbocycles. The molecule has 0 saturated carbocycles. The van der Waals surface area contributed by atoms with Crippen LogP contribution in [0.2, 0.25) is 5.02 Å². The molecule has 2 aliphatic heterocycles. The summed E-state index contributed by atoms with van der Waals surface area (Å²) in [6.45, 7) is 10.3. The minimum atomic E-state index is -0.0484. The van der Waals surface area contributed by atoms with Crippen LogP contribution in [0.3, 0.4) is 0 Å². The van der Waals surface area contributed by atoms with Gasteiger partial charge in [0.1, 0.15) is 0 Å². The Morgan fingerprint density at radius 1 is 1.15 bits per heavy atom. The number of hydrogen-bond acceptors (Lipinski definition) is 5. The molecule has 0 aromatic heterocycles. The van der Waals surface area contributed by atoms with Crippen molar-refractivity contribution in [2.24, 2.45) is 0 Å². The molecule has 1 aromatic carbocycles. The monoisotopic (exact) mass is 383 g/mol. The molecular formula is C20H30ClNO4. The van der Waals surface area contributed by atoms with Gasteiger partial charge in [0, 0.05) is 45.7 Å². The largest absolute Gasteiger partial charge is 0.490 e. The minimum Gasteiger partial charge on any atom is -0.490 e. The van der Waals surface area contributed by atoms with Gasteiger partial charge in [-0.2, -0.15) is 0 Å². The van der Waals surface area contributed by atoms with Gasteiger partial charge in [0.25, 0.3) is 0 Å². The summed E-state index contributed by atoms with van der Waals surface area (Å²) in [5.41, 5.74) is 1.10. The maximum absolute atomic E-state index is 6.50. The van der Waals surface area contributed by atoms with Gasteiger partial charge in [0.15, 0.2) is 11.5 Å². The molecule has 3 rings (SSSR count). The SMILES string of the molecule is CCCOc1c(Cl)cc(CN2CCOC3(CCOCC3)C2)cc1OCC. The van der Waals surface area contributed by atoms with Gasteiger partial charge >= 0.3 is 0 Å². The first kappa shape index (κ1) is 19.7. The van der Waals surface area contributed by atoms with Crippen molar-refractivity contribution in [2.75, 3.05) is 46.1 Å². The first-order valence-electron chi connectivity index (χ1n) is 9.68. The van der Waals surface area contributed by atoms with Gasteiger partial charge in [0.05, 0.1) is 30.4 Å². The maximum Gasteiger partial charge on any atom is 0.179 e. The lowest BCUT2D eigenvalue weighted by Gasteiger charge is -2.44. The van der Waals surface area contributed by atoms with Gasteiger partial charge < -0.3 is 18.9 Å². The van der Waals surface area contributed by atoms with Crippen molar-refractivity contribution >= 4 is 11.6 Å². The predicted octanol–water partition coefficient (Wildman–Crippen LogP) is 3.91. The molecule has 0 unspecified atom stereocenters. The number of morpholine rings is 1. The molecule has 6 heteroatoms.